The normalized spacial score (nSPS) is 9.81. The van der Waals surface area contributed by atoms with Crippen LogP contribution in [0.2, 0.25) is 5.02 Å². The van der Waals surface area contributed by atoms with Gasteiger partial charge in [0.15, 0.2) is 0 Å². The highest BCUT2D eigenvalue weighted by Gasteiger charge is 2.01. The van der Waals surface area contributed by atoms with Crippen molar-refractivity contribution in [2.45, 2.75) is 5.03 Å². The molecule has 0 saturated carbocycles. The van der Waals surface area contributed by atoms with Crippen LogP contribution >= 0.6 is 23.4 Å². The number of aromatic nitrogens is 1. The Morgan fingerprint density at radius 1 is 1.29 bits per heavy atom. The van der Waals surface area contributed by atoms with Crippen LogP contribution in [0.25, 0.3) is 0 Å². The monoisotopic (exact) mass is 318 g/mol. The SMILES string of the molecule is NCC#Cc1cccc(OCCSc2ncccc2Cl)c1. The van der Waals surface area contributed by atoms with Crippen molar-refractivity contribution in [3.63, 3.8) is 0 Å². The highest BCUT2D eigenvalue weighted by atomic mass is 35.5. The maximum atomic E-state index is 6.04. The molecule has 0 unspecified atom stereocenters. The number of thioether (sulfide) groups is 1. The average Bonchev–Trinajstić information content (AvgIpc) is 2.51. The molecule has 0 radical (unpaired) electrons. The Kier molecular flexibility index (Phi) is 6.42. The maximum absolute atomic E-state index is 6.04. The molecule has 0 amide bonds. The van der Waals surface area contributed by atoms with Crippen LogP contribution in [0.15, 0.2) is 47.6 Å². The van der Waals surface area contributed by atoms with Crippen LogP contribution < -0.4 is 10.5 Å². The molecule has 2 N–H and O–H groups in total. The quantitative estimate of drug-likeness (QED) is 0.522. The van der Waals surface area contributed by atoms with Crippen molar-refractivity contribution in [2.75, 3.05) is 18.9 Å². The van der Waals surface area contributed by atoms with E-state index in [9.17, 15) is 0 Å². The Morgan fingerprint density at radius 2 is 2.19 bits per heavy atom. The number of ether oxygens (including phenoxy) is 1. The molecule has 3 nitrogen and oxygen atoms in total. The average molecular weight is 319 g/mol. The number of nitrogens with zero attached hydrogens (tertiary/aromatic N) is 1. The lowest BCUT2D eigenvalue weighted by Crippen LogP contribution is -2.00. The fourth-order valence-corrected chi connectivity index (χ4v) is 2.58. The first kappa shape index (κ1) is 15.7. The molecule has 1 aromatic carbocycles. The van der Waals surface area contributed by atoms with Crippen molar-refractivity contribution in [3.8, 4) is 17.6 Å². The molecule has 1 aromatic heterocycles. The third-order valence-corrected chi connectivity index (χ3v) is 3.87. The van der Waals surface area contributed by atoms with Crippen LogP contribution in [0.1, 0.15) is 5.56 Å². The number of nitrogens with two attached hydrogens (primary N) is 1. The topological polar surface area (TPSA) is 48.1 Å². The molecule has 2 aromatic rings. The number of rotatable bonds is 5. The molecule has 0 aliphatic rings. The number of benzene rings is 1. The molecule has 21 heavy (non-hydrogen) atoms. The molecule has 1 heterocycles. The fourth-order valence-electron chi connectivity index (χ4n) is 1.59. The second-order valence-corrected chi connectivity index (χ2v) is 5.51. The van der Waals surface area contributed by atoms with E-state index in [0.717, 1.165) is 22.1 Å². The molecule has 0 aliphatic heterocycles. The first-order valence-electron chi connectivity index (χ1n) is 6.44. The summed E-state index contributed by atoms with van der Waals surface area (Å²) in [6.07, 6.45) is 1.73. The summed E-state index contributed by atoms with van der Waals surface area (Å²) in [5, 5.41) is 1.49. The van der Waals surface area contributed by atoms with E-state index in [1.807, 2.05) is 36.4 Å². The smallest absolute Gasteiger partial charge is 0.120 e. The zero-order valence-corrected chi connectivity index (χ0v) is 13.0. The van der Waals surface area contributed by atoms with Gasteiger partial charge in [0.05, 0.1) is 18.2 Å². The summed E-state index contributed by atoms with van der Waals surface area (Å²) in [6, 6.07) is 11.3. The molecule has 108 valence electrons. The Morgan fingerprint density at radius 3 is 3.00 bits per heavy atom. The molecule has 0 spiro atoms. The third kappa shape index (κ3) is 5.31. The van der Waals surface area contributed by atoms with E-state index < -0.39 is 0 Å². The van der Waals surface area contributed by atoms with E-state index >= 15 is 0 Å². The summed E-state index contributed by atoms with van der Waals surface area (Å²) in [4.78, 5) is 4.22. The molecule has 0 saturated heterocycles. The van der Waals surface area contributed by atoms with Crippen molar-refractivity contribution in [1.29, 1.82) is 0 Å². The highest BCUT2D eigenvalue weighted by Crippen LogP contribution is 2.24. The lowest BCUT2D eigenvalue weighted by atomic mass is 10.2. The third-order valence-electron chi connectivity index (χ3n) is 2.48. The van der Waals surface area contributed by atoms with E-state index in [2.05, 4.69) is 16.8 Å². The zero-order chi connectivity index (χ0) is 14.9. The van der Waals surface area contributed by atoms with Crippen LogP contribution in [-0.2, 0) is 0 Å². The maximum Gasteiger partial charge on any atom is 0.120 e. The van der Waals surface area contributed by atoms with Gasteiger partial charge < -0.3 is 10.5 Å². The van der Waals surface area contributed by atoms with E-state index in [1.54, 1.807) is 18.0 Å². The minimum atomic E-state index is 0.354. The van der Waals surface area contributed by atoms with Gasteiger partial charge in [0, 0.05) is 17.5 Å². The summed E-state index contributed by atoms with van der Waals surface area (Å²) >= 11 is 7.61. The summed E-state index contributed by atoms with van der Waals surface area (Å²) < 4.78 is 5.70. The summed E-state index contributed by atoms with van der Waals surface area (Å²) in [5.41, 5.74) is 6.26. The predicted molar refractivity (Wildman–Crippen MR) is 87.8 cm³/mol. The molecular formula is C16H15ClN2OS. The van der Waals surface area contributed by atoms with E-state index in [1.165, 1.54) is 0 Å². The molecule has 0 aliphatic carbocycles. The molecular weight excluding hydrogens is 304 g/mol. The van der Waals surface area contributed by atoms with Gasteiger partial charge in [-0.1, -0.05) is 29.5 Å². The van der Waals surface area contributed by atoms with Gasteiger partial charge in [-0.25, -0.2) is 4.98 Å². The molecule has 0 fully saturated rings. The van der Waals surface area contributed by atoms with E-state index in [4.69, 9.17) is 22.1 Å². The minimum absolute atomic E-state index is 0.354. The summed E-state index contributed by atoms with van der Waals surface area (Å²) in [5.74, 6) is 7.37. The summed E-state index contributed by atoms with van der Waals surface area (Å²) in [6.45, 7) is 0.928. The molecule has 0 bridgehead atoms. The molecule has 5 heteroatoms. The molecule has 2 rings (SSSR count). The Hall–Kier alpha value is -1.67. The Balaban J connectivity index is 1.82. The lowest BCUT2D eigenvalue weighted by Gasteiger charge is -2.06. The summed E-state index contributed by atoms with van der Waals surface area (Å²) in [7, 11) is 0. The van der Waals surface area contributed by atoms with Crippen LogP contribution in [0.3, 0.4) is 0 Å². The number of pyridine rings is 1. The van der Waals surface area contributed by atoms with Crippen molar-refractivity contribution in [1.82, 2.24) is 4.98 Å². The predicted octanol–water partition coefficient (Wildman–Crippen LogP) is 3.22. The van der Waals surface area contributed by atoms with Crippen molar-refractivity contribution in [3.05, 3.63) is 53.2 Å². The Labute approximate surface area is 133 Å². The van der Waals surface area contributed by atoms with Crippen molar-refractivity contribution < 1.29 is 4.74 Å². The van der Waals surface area contributed by atoms with Crippen LogP contribution in [0, 0.1) is 11.8 Å². The largest absolute Gasteiger partial charge is 0.493 e. The van der Waals surface area contributed by atoms with E-state index in [-0.39, 0.29) is 0 Å². The number of hydrogen-bond donors (Lipinski definition) is 1. The van der Waals surface area contributed by atoms with Gasteiger partial charge in [-0.15, -0.1) is 11.8 Å². The van der Waals surface area contributed by atoms with Crippen LogP contribution in [0.5, 0.6) is 5.75 Å². The van der Waals surface area contributed by atoms with Gasteiger partial charge in [0.2, 0.25) is 0 Å². The standard InChI is InChI=1S/C16H15ClN2OS/c17-15-7-3-9-19-16(15)21-11-10-20-14-6-1-4-13(12-14)5-2-8-18/h1,3-4,6-7,9,12H,8,10-11,18H2. The van der Waals surface area contributed by atoms with Crippen molar-refractivity contribution in [2.24, 2.45) is 5.73 Å². The molecule has 0 atom stereocenters. The van der Waals surface area contributed by atoms with Crippen LogP contribution in [0.4, 0.5) is 0 Å². The Bertz CT molecular complexity index is 652. The van der Waals surface area contributed by atoms with Gasteiger partial charge in [-0.3, -0.25) is 0 Å². The first-order valence-corrected chi connectivity index (χ1v) is 7.81. The van der Waals surface area contributed by atoms with Gasteiger partial charge in [0.25, 0.3) is 0 Å². The zero-order valence-electron chi connectivity index (χ0n) is 11.4. The van der Waals surface area contributed by atoms with Crippen LogP contribution in [-0.4, -0.2) is 23.9 Å². The second kappa shape index (κ2) is 8.58. The van der Waals surface area contributed by atoms with Gasteiger partial charge in [-0.05, 0) is 30.3 Å². The highest BCUT2D eigenvalue weighted by molar-refractivity contribution is 7.99. The second-order valence-electron chi connectivity index (χ2n) is 4.02. The lowest BCUT2D eigenvalue weighted by molar-refractivity contribution is 0.344. The van der Waals surface area contributed by atoms with E-state index in [0.29, 0.717) is 18.2 Å². The number of hydrogen-bond acceptors (Lipinski definition) is 4. The van der Waals surface area contributed by atoms with Gasteiger partial charge >= 0.3 is 0 Å². The van der Waals surface area contributed by atoms with Gasteiger partial charge in [-0.2, -0.15) is 0 Å². The fraction of sp³-hybridized carbons (Fsp3) is 0.188. The minimum Gasteiger partial charge on any atom is -0.493 e. The number of halogens is 1. The first-order chi connectivity index (χ1) is 10.3. The van der Waals surface area contributed by atoms with Crippen molar-refractivity contribution >= 4 is 23.4 Å². The van der Waals surface area contributed by atoms with Gasteiger partial charge in [0.1, 0.15) is 10.8 Å².